The minimum atomic E-state index is -2.44. The smallest absolute Gasteiger partial charge is 0.250 e. The van der Waals surface area contributed by atoms with Gasteiger partial charge in [-0.15, -0.1) is 0 Å². The predicted molar refractivity (Wildman–Crippen MR) is 53.1 cm³/mol. The molecule has 0 amide bonds. The third kappa shape index (κ3) is 2.65. The Kier molecular flexibility index (Phi) is 3.23. The van der Waals surface area contributed by atoms with Gasteiger partial charge in [0.25, 0.3) is 5.92 Å². The highest BCUT2D eigenvalue weighted by Gasteiger charge is 2.39. The number of hydrogen-bond acceptors (Lipinski definition) is 3. The highest BCUT2D eigenvalue weighted by atomic mass is 19.3. The van der Waals surface area contributed by atoms with Crippen LogP contribution in [0.4, 0.5) is 8.78 Å². The largest absolute Gasteiger partial charge is 0.395 e. The van der Waals surface area contributed by atoms with Gasteiger partial charge in [-0.25, -0.2) is 8.78 Å². The molecule has 2 rings (SSSR count). The van der Waals surface area contributed by atoms with Gasteiger partial charge >= 0.3 is 0 Å². The Hall–Kier alpha value is -0.260. The minimum Gasteiger partial charge on any atom is -0.395 e. The summed E-state index contributed by atoms with van der Waals surface area (Å²) >= 11 is 0. The zero-order chi connectivity index (χ0) is 10.9. The van der Waals surface area contributed by atoms with E-state index in [-0.39, 0.29) is 19.4 Å². The molecule has 0 aromatic carbocycles. The van der Waals surface area contributed by atoms with Crippen LogP contribution in [0.5, 0.6) is 0 Å². The molecule has 0 bridgehead atoms. The van der Waals surface area contributed by atoms with Crippen molar-refractivity contribution < 1.29 is 13.9 Å². The molecule has 0 aromatic heterocycles. The number of rotatable bonds is 3. The topological polar surface area (TPSA) is 26.7 Å². The first-order valence-corrected chi connectivity index (χ1v) is 5.56. The van der Waals surface area contributed by atoms with Crippen molar-refractivity contribution in [1.29, 1.82) is 0 Å². The Morgan fingerprint density at radius 2 is 1.80 bits per heavy atom. The van der Waals surface area contributed by atoms with Crippen molar-refractivity contribution in [3.8, 4) is 0 Å². The van der Waals surface area contributed by atoms with Gasteiger partial charge in [0.05, 0.1) is 6.61 Å². The number of alkyl halides is 2. The Morgan fingerprint density at radius 1 is 1.20 bits per heavy atom. The second-order valence-corrected chi connectivity index (χ2v) is 4.53. The van der Waals surface area contributed by atoms with E-state index in [2.05, 4.69) is 9.80 Å². The van der Waals surface area contributed by atoms with Crippen LogP contribution < -0.4 is 0 Å². The molecule has 2 saturated heterocycles. The van der Waals surface area contributed by atoms with Gasteiger partial charge in [-0.3, -0.25) is 9.80 Å². The number of halogens is 2. The monoisotopic (exact) mass is 220 g/mol. The predicted octanol–water partition coefficient (Wildman–Crippen LogP) is 0.394. The average molecular weight is 220 g/mol. The van der Waals surface area contributed by atoms with Crippen LogP contribution in [0.1, 0.15) is 12.8 Å². The molecule has 2 aliphatic rings. The maximum absolute atomic E-state index is 12.9. The average Bonchev–Trinajstić information content (AvgIpc) is 2.12. The molecule has 2 aliphatic heterocycles. The summed E-state index contributed by atoms with van der Waals surface area (Å²) in [4.78, 5) is 4.31. The SMILES string of the molecule is OCCN1CC(N2CCC(F)(F)CC2)C1. The molecule has 1 N–H and O–H groups in total. The Labute approximate surface area is 88.7 Å². The molecule has 0 atom stereocenters. The van der Waals surface area contributed by atoms with E-state index in [1.807, 2.05) is 0 Å². The van der Waals surface area contributed by atoms with Crippen molar-refractivity contribution in [1.82, 2.24) is 9.80 Å². The number of hydrogen-bond donors (Lipinski definition) is 1. The quantitative estimate of drug-likeness (QED) is 0.745. The normalized spacial score (nSPS) is 29.0. The molecule has 5 heteroatoms. The van der Waals surface area contributed by atoms with Crippen molar-refractivity contribution in [3.63, 3.8) is 0 Å². The van der Waals surface area contributed by atoms with Crippen LogP contribution >= 0.6 is 0 Å². The first-order chi connectivity index (χ1) is 7.11. The molecule has 0 spiro atoms. The van der Waals surface area contributed by atoms with E-state index < -0.39 is 5.92 Å². The molecular formula is C10H18F2N2O. The highest BCUT2D eigenvalue weighted by Crippen LogP contribution is 2.30. The van der Waals surface area contributed by atoms with E-state index in [4.69, 9.17) is 5.11 Å². The van der Waals surface area contributed by atoms with Gasteiger partial charge in [0.1, 0.15) is 0 Å². The Balaban J connectivity index is 1.70. The summed E-state index contributed by atoms with van der Waals surface area (Å²) in [6, 6.07) is 0.438. The highest BCUT2D eigenvalue weighted by molar-refractivity contribution is 4.91. The summed E-state index contributed by atoms with van der Waals surface area (Å²) in [5.74, 6) is -2.44. The zero-order valence-corrected chi connectivity index (χ0v) is 8.83. The molecular weight excluding hydrogens is 202 g/mol. The van der Waals surface area contributed by atoms with Crippen LogP contribution in [0.2, 0.25) is 0 Å². The van der Waals surface area contributed by atoms with E-state index in [0.29, 0.717) is 25.7 Å². The van der Waals surface area contributed by atoms with Gasteiger partial charge in [-0.05, 0) is 0 Å². The standard InChI is InChI=1S/C10H18F2N2O/c11-10(12)1-3-14(4-2-10)9-7-13(8-9)5-6-15/h9,15H,1-8H2. The molecule has 0 radical (unpaired) electrons. The van der Waals surface area contributed by atoms with Crippen LogP contribution in [-0.4, -0.2) is 66.2 Å². The summed E-state index contributed by atoms with van der Waals surface area (Å²) in [5, 5.41) is 8.71. The van der Waals surface area contributed by atoms with Gasteiger partial charge in [0, 0.05) is 51.6 Å². The number of aliphatic hydroxyl groups is 1. The molecule has 0 saturated carbocycles. The van der Waals surface area contributed by atoms with E-state index in [9.17, 15) is 8.78 Å². The number of piperidine rings is 1. The molecule has 0 unspecified atom stereocenters. The number of likely N-dealkylation sites (tertiary alicyclic amines) is 2. The molecule has 15 heavy (non-hydrogen) atoms. The number of β-amino-alcohol motifs (C(OH)–C–C–N with tert-alkyl or cyclic N) is 1. The third-order valence-corrected chi connectivity index (χ3v) is 3.40. The van der Waals surface area contributed by atoms with Crippen LogP contribution in [0.15, 0.2) is 0 Å². The maximum atomic E-state index is 12.9. The van der Waals surface area contributed by atoms with E-state index >= 15 is 0 Å². The lowest BCUT2D eigenvalue weighted by atomic mass is 10.0. The second kappa shape index (κ2) is 4.31. The lowest BCUT2D eigenvalue weighted by Crippen LogP contribution is -2.61. The van der Waals surface area contributed by atoms with Crippen LogP contribution in [0.25, 0.3) is 0 Å². The van der Waals surface area contributed by atoms with Crippen LogP contribution in [0, 0.1) is 0 Å². The Bertz CT molecular complexity index is 209. The second-order valence-electron chi connectivity index (χ2n) is 4.53. The summed E-state index contributed by atoms with van der Waals surface area (Å²) in [5.41, 5.74) is 0. The summed E-state index contributed by atoms with van der Waals surface area (Å²) in [7, 11) is 0. The zero-order valence-electron chi connectivity index (χ0n) is 8.83. The van der Waals surface area contributed by atoms with Gasteiger partial charge < -0.3 is 5.11 Å². The van der Waals surface area contributed by atoms with Crippen molar-refractivity contribution in [2.24, 2.45) is 0 Å². The molecule has 3 nitrogen and oxygen atoms in total. The fourth-order valence-corrected chi connectivity index (χ4v) is 2.31. The molecule has 2 heterocycles. The van der Waals surface area contributed by atoms with Gasteiger partial charge in [0.15, 0.2) is 0 Å². The minimum absolute atomic E-state index is 0.00347. The number of aliphatic hydroxyl groups excluding tert-OH is 1. The summed E-state index contributed by atoms with van der Waals surface area (Å²) < 4.78 is 25.8. The first-order valence-electron chi connectivity index (χ1n) is 5.56. The van der Waals surface area contributed by atoms with E-state index in [1.54, 1.807) is 0 Å². The van der Waals surface area contributed by atoms with E-state index in [0.717, 1.165) is 13.1 Å². The fraction of sp³-hybridized carbons (Fsp3) is 1.00. The van der Waals surface area contributed by atoms with Crippen molar-refractivity contribution in [2.75, 3.05) is 39.3 Å². The molecule has 0 aromatic rings. The lowest BCUT2D eigenvalue weighted by molar-refractivity contribution is -0.0805. The molecule has 0 aliphatic carbocycles. The fourth-order valence-electron chi connectivity index (χ4n) is 2.31. The van der Waals surface area contributed by atoms with Crippen molar-refractivity contribution >= 4 is 0 Å². The van der Waals surface area contributed by atoms with Gasteiger partial charge in [-0.2, -0.15) is 0 Å². The lowest BCUT2D eigenvalue weighted by Gasteiger charge is -2.47. The van der Waals surface area contributed by atoms with Crippen molar-refractivity contribution in [2.45, 2.75) is 24.8 Å². The van der Waals surface area contributed by atoms with Crippen LogP contribution in [0.3, 0.4) is 0 Å². The van der Waals surface area contributed by atoms with Gasteiger partial charge in [-0.1, -0.05) is 0 Å². The van der Waals surface area contributed by atoms with Crippen molar-refractivity contribution in [3.05, 3.63) is 0 Å². The Morgan fingerprint density at radius 3 is 2.33 bits per heavy atom. The maximum Gasteiger partial charge on any atom is 0.250 e. The van der Waals surface area contributed by atoms with Crippen LogP contribution in [-0.2, 0) is 0 Å². The summed E-state index contributed by atoms with van der Waals surface area (Å²) in [6.07, 6.45) is 0.00694. The molecule has 2 fully saturated rings. The number of nitrogens with zero attached hydrogens (tertiary/aromatic N) is 2. The molecule has 88 valence electrons. The first kappa shape index (κ1) is 11.2. The third-order valence-electron chi connectivity index (χ3n) is 3.40. The van der Waals surface area contributed by atoms with Gasteiger partial charge in [0.2, 0.25) is 0 Å². The van der Waals surface area contributed by atoms with E-state index in [1.165, 1.54) is 0 Å². The summed E-state index contributed by atoms with van der Waals surface area (Å²) in [6.45, 7) is 3.78.